The first-order valence-corrected chi connectivity index (χ1v) is 8.32. The Morgan fingerprint density at radius 2 is 2.00 bits per heavy atom. The third kappa shape index (κ3) is 5.95. The molecule has 1 saturated carbocycles. The Balaban J connectivity index is 1.94. The Morgan fingerprint density at radius 3 is 2.63 bits per heavy atom. The van der Waals surface area contributed by atoms with Gasteiger partial charge in [0.25, 0.3) is 0 Å². The van der Waals surface area contributed by atoms with E-state index in [2.05, 4.69) is 0 Å². The molecule has 6 nitrogen and oxygen atoms in total. The molecule has 1 aromatic carbocycles. The van der Waals surface area contributed by atoms with Crippen LogP contribution in [0.15, 0.2) is 36.4 Å². The standard InChI is InChI=1S/C18H21F3O6/c19-18(20,21)10-2-1-3-12(6-10)27-9-11(22)4-5-13-14(7-17(25)26)16(24)8-15(13)23/h1-6,11,13-16,22-24H,7-9H2,(H,25,26)/t11-,13+,14-,15-,16-/m1/s1. The number of carboxylic acid groups (broad SMARTS) is 1. The molecule has 0 unspecified atom stereocenters. The van der Waals surface area contributed by atoms with Gasteiger partial charge in [0.05, 0.1) is 24.2 Å². The van der Waals surface area contributed by atoms with E-state index in [9.17, 15) is 33.3 Å². The molecule has 150 valence electrons. The first kappa shape index (κ1) is 21.2. The van der Waals surface area contributed by atoms with E-state index in [1.54, 1.807) is 0 Å². The molecule has 27 heavy (non-hydrogen) atoms. The third-order valence-electron chi connectivity index (χ3n) is 4.46. The number of aliphatic carboxylic acids is 1. The number of carboxylic acids is 1. The first-order valence-electron chi connectivity index (χ1n) is 8.32. The zero-order valence-electron chi connectivity index (χ0n) is 14.2. The van der Waals surface area contributed by atoms with Crippen molar-refractivity contribution < 1.29 is 43.1 Å². The van der Waals surface area contributed by atoms with Crippen LogP contribution in [0, 0.1) is 11.8 Å². The second kappa shape index (κ2) is 8.73. The highest BCUT2D eigenvalue weighted by Crippen LogP contribution is 2.36. The molecule has 5 atom stereocenters. The van der Waals surface area contributed by atoms with Crippen molar-refractivity contribution in [2.45, 2.75) is 37.3 Å². The lowest BCUT2D eigenvalue weighted by Gasteiger charge is -2.19. The third-order valence-corrected chi connectivity index (χ3v) is 4.46. The molecular formula is C18H21F3O6. The van der Waals surface area contributed by atoms with Crippen LogP contribution in [-0.4, -0.2) is 51.3 Å². The summed E-state index contributed by atoms with van der Waals surface area (Å²) in [6.45, 7) is -0.327. The van der Waals surface area contributed by atoms with Crippen LogP contribution >= 0.6 is 0 Å². The average Bonchev–Trinajstić information content (AvgIpc) is 2.83. The van der Waals surface area contributed by atoms with Crippen LogP contribution in [0.25, 0.3) is 0 Å². The zero-order chi connectivity index (χ0) is 20.2. The van der Waals surface area contributed by atoms with E-state index in [1.807, 2.05) is 0 Å². The Hall–Kier alpha value is -2.10. The number of ether oxygens (including phenoxy) is 1. The van der Waals surface area contributed by atoms with Crippen molar-refractivity contribution in [3.05, 3.63) is 42.0 Å². The highest BCUT2D eigenvalue weighted by molar-refractivity contribution is 5.67. The van der Waals surface area contributed by atoms with E-state index in [-0.39, 0.29) is 25.2 Å². The van der Waals surface area contributed by atoms with Crippen molar-refractivity contribution in [2.75, 3.05) is 6.61 Å². The molecule has 1 fully saturated rings. The number of rotatable bonds is 7. The van der Waals surface area contributed by atoms with Crippen LogP contribution in [0.5, 0.6) is 5.75 Å². The molecule has 0 saturated heterocycles. The molecule has 0 radical (unpaired) electrons. The lowest BCUT2D eigenvalue weighted by Crippen LogP contribution is -2.24. The number of alkyl halides is 3. The number of hydrogen-bond acceptors (Lipinski definition) is 5. The van der Waals surface area contributed by atoms with E-state index in [4.69, 9.17) is 9.84 Å². The average molecular weight is 390 g/mol. The van der Waals surface area contributed by atoms with E-state index < -0.39 is 47.9 Å². The fourth-order valence-electron chi connectivity index (χ4n) is 3.12. The number of halogens is 3. The second-order valence-corrected chi connectivity index (χ2v) is 6.50. The van der Waals surface area contributed by atoms with Gasteiger partial charge in [0.2, 0.25) is 0 Å². The number of aliphatic hydroxyl groups is 3. The largest absolute Gasteiger partial charge is 0.491 e. The molecule has 0 aliphatic heterocycles. The minimum absolute atomic E-state index is 0.0315. The van der Waals surface area contributed by atoms with Gasteiger partial charge in [-0.05, 0) is 18.2 Å². The van der Waals surface area contributed by atoms with Gasteiger partial charge >= 0.3 is 12.1 Å². The van der Waals surface area contributed by atoms with Crippen LogP contribution in [0.1, 0.15) is 18.4 Å². The van der Waals surface area contributed by atoms with Crippen LogP contribution < -0.4 is 4.74 Å². The van der Waals surface area contributed by atoms with Gasteiger partial charge in [0, 0.05) is 18.3 Å². The quantitative estimate of drug-likeness (QED) is 0.529. The number of aliphatic hydroxyl groups excluding tert-OH is 3. The summed E-state index contributed by atoms with van der Waals surface area (Å²) in [4.78, 5) is 10.9. The topological polar surface area (TPSA) is 107 Å². The van der Waals surface area contributed by atoms with Crippen LogP contribution in [-0.2, 0) is 11.0 Å². The molecule has 0 aromatic heterocycles. The maximum atomic E-state index is 12.7. The van der Waals surface area contributed by atoms with Crippen molar-refractivity contribution in [1.82, 2.24) is 0 Å². The number of carbonyl (C=O) groups is 1. The van der Waals surface area contributed by atoms with E-state index in [0.717, 1.165) is 12.1 Å². The molecule has 1 aliphatic rings. The van der Waals surface area contributed by atoms with Crippen molar-refractivity contribution in [1.29, 1.82) is 0 Å². The SMILES string of the molecule is O=C(O)C[C@@H]1[C@H](C=C[C@@H](O)COc2cccc(C(F)(F)F)c2)[C@H](O)C[C@H]1O. The van der Waals surface area contributed by atoms with Gasteiger partial charge in [-0.2, -0.15) is 13.2 Å². The Morgan fingerprint density at radius 1 is 1.30 bits per heavy atom. The lowest BCUT2D eigenvalue weighted by atomic mass is 9.90. The van der Waals surface area contributed by atoms with Crippen molar-refractivity contribution in [2.24, 2.45) is 11.8 Å². The van der Waals surface area contributed by atoms with E-state index in [1.165, 1.54) is 24.3 Å². The summed E-state index contributed by atoms with van der Waals surface area (Å²) in [6, 6.07) is 4.23. The minimum Gasteiger partial charge on any atom is -0.491 e. The summed E-state index contributed by atoms with van der Waals surface area (Å²) in [5.41, 5.74) is -0.871. The fourth-order valence-corrected chi connectivity index (χ4v) is 3.12. The van der Waals surface area contributed by atoms with Gasteiger partial charge in [-0.1, -0.05) is 18.2 Å². The molecule has 9 heteroatoms. The predicted octanol–water partition coefficient (Wildman–Crippen LogP) is 1.83. The summed E-state index contributed by atoms with van der Waals surface area (Å²) in [7, 11) is 0. The molecule has 0 bridgehead atoms. The van der Waals surface area contributed by atoms with Gasteiger partial charge in [0.1, 0.15) is 18.5 Å². The van der Waals surface area contributed by atoms with Crippen LogP contribution in [0.4, 0.5) is 13.2 Å². The monoisotopic (exact) mass is 390 g/mol. The normalized spacial score (nSPS) is 27.0. The molecule has 1 aliphatic carbocycles. The van der Waals surface area contributed by atoms with Crippen LogP contribution in [0.2, 0.25) is 0 Å². The summed E-state index contributed by atoms with van der Waals surface area (Å²) < 4.78 is 43.1. The maximum absolute atomic E-state index is 12.7. The Labute approximate surface area is 153 Å². The van der Waals surface area contributed by atoms with Crippen LogP contribution in [0.3, 0.4) is 0 Å². The first-order chi connectivity index (χ1) is 12.6. The van der Waals surface area contributed by atoms with Gasteiger partial charge < -0.3 is 25.2 Å². The molecule has 1 aromatic rings. The molecular weight excluding hydrogens is 369 g/mol. The van der Waals surface area contributed by atoms with Crippen molar-refractivity contribution in [3.63, 3.8) is 0 Å². The number of benzene rings is 1. The lowest BCUT2D eigenvalue weighted by molar-refractivity contribution is -0.139. The van der Waals surface area contributed by atoms with Gasteiger partial charge in [-0.3, -0.25) is 4.79 Å². The van der Waals surface area contributed by atoms with E-state index >= 15 is 0 Å². The van der Waals surface area contributed by atoms with Gasteiger partial charge in [-0.25, -0.2) is 0 Å². The summed E-state index contributed by atoms with van der Waals surface area (Å²) in [5.74, 6) is -2.51. The predicted molar refractivity (Wildman–Crippen MR) is 87.9 cm³/mol. The van der Waals surface area contributed by atoms with E-state index in [0.29, 0.717) is 0 Å². The highest BCUT2D eigenvalue weighted by atomic mass is 19.4. The van der Waals surface area contributed by atoms with Crippen molar-refractivity contribution >= 4 is 5.97 Å². The summed E-state index contributed by atoms with van der Waals surface area (Å²) >= 11 is 0. The highest BCUT2D eigenvalue weighted by Gasteiger charge is 2.41. The fraction of sp³-hybridized carbons (Fsp3) is 0.500. The molecule has 2 rings (SSSR count). The smallest absolute Gasteiger partial charge is 0.416 e. The Bertz CT molecular complexity index is 675. The summed E-state index contributed by atoms with van der Waals surface area (Å²) in [5, 5.41) is 38.6. The minimum atomic E-state index is -4.50. The maximum Gasteiger partial charge on any atom is 0.416 e. The molecule has 0 amide bonds. The van der Waals surface area contributed by atoms with Gasteiger partial charge in [-0.15, -0.1) is 0 Å². The Kier molecular flexibility index (Phi) is 6.85. The second-order valence-electron chi connectivity index (χ2n) is 6.50. The van der Waals surface area contributed by atoms with Gasteiger partial charge in [0.15, 0.2) is 0 Å². The zero-order valence-corrected chi connectivity index (χ0v) is 14.2. The molecule has 0 heterocycles. The molecule has 0 spiro atoms. The number of hydrogen-bond donors (Lipinski definition) is 4. The van der Waals surface area contributed by atoms with Crippen molar-refractivity contribution in [3.8, 4) is 5.75 Å². The summed E-state index contributed by atoms with van der Waals surface area (Å²) in [6.07, 6.45) is -5.22. The molecule has 4 N–H and O–H groups in total.